The number of hydrogen-bond donors (Lipinski definition) is 0. The number of aryl methyl sites for hydroxylation is 2. The predicted octanol–water partition coefficient (Wildman–Crippen LogP) is 5.45. The van der Waals surface area contributed by atoms with E-state index in [0.29, 0.717) is 5.56 Å². The molecule has 2 heteroatoms. The van der Waals surface area contributed by atoms with Crippen molar-refractivity contribution in [2.75, 3.05) is 0 Å². The Morgan fingerprint density at radius 3 is 2.24 bits per heavy atom. The molecule has 0 fully saturated rings. The summed E-state index contributed by atoms with van der Waals surface area (Å²) in [6, 6.07) is 17.8. The van der Waals surface area contributed by atoms with Crippen LogP contribution in [0.15, 0.2) is 59.1 Å². The Labute approximate surface area is 132 Å². The highest BCUT2D eigenvalue weighted by Crippen LogP contribution is 2.28. The van der Waals surface area contributed by atoms with Gasteiger partial charge in [-0.05, 0) is 57.7 Å². The van der Waals surface area contributed by atoms with Crippen LogP contribution in [0.25, 0.3) is 10.8 Å². The van der Waals surface area contributed by atoms with E-state index in [4.69, 9.17) is 0 Å². The average Bonchev–Trinajstić information content (AvgIpc) is 2.50. The SMILES string of the molecule is Cc1cccc(C(=O)c2ccc(C)c3ccccc23)c1Br. The maximum absolute atomic E-state index is 12.9. The Morgan fingerprint density at radius 1 is 0.762 bits per heavy atom. The summed E-state index contributed by atoms with van der Waals surface area (Å²) in [6.07, 6.45) is 0. The lowest BCUT2D eigenvalue weighted by atomic mass is 9.94. The molecule has 0 unspecified atom stereocenters. The van der Waals surface area contributed by atoms with Crippen molar-refractivity contribution in [1.29, 1.82) is 0 Å². The summed E-state index contributed by atoms with van der Waals surface area (Å²) in [5.41, 5.74) is 3.72. The largest absolute Gasteiger partial charge is 0.289 e. The molecule has 3 aromatic rings. The lowest BCUT2D eigenvalue weighted by Gasteiger charge is -2.10. The van der Waals surface area contributed by atoms with Crippen molar-refractivity contribution in [2.45, 2.75) is 13.8 Å². The smallest absolute Gasteiger partial charge is 0.194 e. The van der Waals surface area contributed by atoms with Gasteiger partial charge in [-0.25, -0.2) is 0 Å². The van der Waals surface area contributed by atoms with Crippen LogP contribution < -0.4 is 0 Å². The second-order valence-electron chi connectivity index (χ2n) is 5.24. The third kappa shape index (κ3) is 2.40. The van der Waals surface area contributed by atoms with E-state index in [9.17, 15) is 4.79 Å². The molecule has 0 amide bonds. The van der Waals surface area contributed by atoms with Gasteiger partial charge in [0, 0.05) is 15.6 Å². The van der Waals surface area contributed by atoms with Crippen LogP contribution in [0.1, 0.15) is 27.0 Å². The first kappa shape index (κ1) is 14.0. The number of fused-ring (bicyclic) bond motifs is 1. The van der Waals surface area contributed by atoms with Gasteiger partial charge in [-0.2, -0.15) is 0 Å². The average molecular weight is 339 g/mol. The van der Waals surface area contributed by atoms with Gasteiger partial charge >= 0.3 is 0 Å². The molecule has 0 bridgehead atoms. The third-order valence-electron chi connectivity index (χ3n) is 3.82. The lowest BCUT2D eigenvalue weighted by molar-refractivity contribution is 0.103. The van der Waals surface area contributed by atoms with Crippen LogP contribution in [-0.2, 0) is 0 Å². The molecule has 0 atom stereocenters. The minimum Gasteiger partial charge on any atom is -0.289 e. The first-order chi connectivity index (χ1) is 10.1. The number of benzene rings is 3. The summed E-state index contributed by atoms with van der Waals surface area (Å²) in [4.78, 5) is 12.9. The molecule has 0 saturated carbocycles. The summed E-state index contributed by atoms with van der Waals surface area (Å²) >= 11 is 3.54. The van der Waals surface area contributed by atoms with E-state index in [0.717, 1.165) is 26.4 Å². The van der Waals surface area contributed by atoms with E-state index >= 15 is 0 Å². The second kappa shape index (κ2) is 5.45. The molecule has 0 spiro atoms. The fourth-order valence-electron chi connectivity index (χ4n) is 2.62. The Kier molecular flexibility index (Phi) is 3.64. The number of hydrogen-bond acceptors (Lipinski definition) is 1. The van der Waals surface area contributed by atoms with Crippen molar-refractivity contribution >= 4 is 32.5 Å². The molecular weight excluding hydrogens is 324 g/mol. The second-order valence-corrected chi connectivity index (χ2v) is 6.03. The summed E-state index contributed by atoms with van der Waals surface area (Å²) < 4.78 is 0.875. The monoisotopic (exact) mass is 338 g/mol. The Balaban J connectivity index is 2.23. The van der Waals surface area contributed by atoms with E-state index < -0.39 is 0 Å². The Hall–Kier alpha value is -1.93. The van der Waals surface area contributed by atoms with Crippen molar-refractivity contribution in [3.8, 4) is 0 Å². The van der Waals surface area contributed by atoms with Gasteiger partial charge in [-0.3, -0.25) is 4.79 Å². The number of rotatable bonds is 2. The molecule has 0 N–H and O–H groups in total. The van der Waals surface area contributed by atoms with Crippen LogP contribution in [-0.4, -0.2) is 5.78 Å². The van der Waals surface area contributed by atoms with Crippen molar-refractivity contribution in [3.05, 3.63) is 81.3 Å². The van der Waals surface area contributed by atoms with Crippen LogP contribution in [0.2, 0.25) is 0 Å². The van der Waals surface area contributed by atoms with Gasteiger partial charge in [-0.1, -0.05) is 48.5 Å². The molecule has 3 rings (SSSR count). The summed E-state index contributed by atoms with van der Waals surface area (Å²) in [7, 11) is 0. The quantitative estimate of drug-likeness (QED) is 0.568. The van der Waals surface area contributed by atoms with Crippen LogP contribution in [0.5, 0.6) is 0 Å². The predicted molar refractivity (Wildman–Crippen MR) is 91.0 cm³/mol. The normalized spacial score (nSPS) is 10.8. The standard InChI is InChI=1S/C19H15BrO/c1-12-10-11-16(15-8-4-3-7-14(12)15)19(21)17-9-5-6-13(2)18(17)20/h3-11H,1-2H3. The molecule has 3 aromatic carbocycles. The highest BCUT2D eigenvalue weighted by molar-refractivity contribution is 9.10. The first-order valence-corrected chi connectivity index (χ1v) is 7.67. The molecule has 1 nitrogen and oxygen atoms in total. The number of ketones is 1. The minimum absolute atomic E-state index is 0.0572. The molecule has 0 radical (unpaired) electrons. The molecule has 0 aliphatic rings. The zero-order chi connectivity index (χ0) is 15.0. The Morgan fingerprint density at radius 2 is 1.48 bits per heavy atom. The summed E-state index contributed by atoms with van der Waals surface area (Å²) in [5, 5.41) is 2.14. The number of carbonyl (C=O) groups is 1. The van der Waals surface area contributed by atoms with Crippen molar-refractivity contribution < 1.29 is 4.79 Å². The van der Waals surface area contributed by atoms with E-state index in [-0.39, 0.29) is 5.78 Å². The van der Waals surface area contributed by atoms with Gasteiger partial charge in [0.15, 0.2) is 5.78 Å². The topological polar surface area (TPSA) is 17.1 Å². The summed E-state index contributed by atoms with van der Waals surface area (Å²) in [5.74, 6) is 0.0572. The molecule has 0 saturated heterocycles. The molecule has 21 heavy (non-hydrogen) atoms. The van der Waals surface area contributed by atoms with Crippen molar-refractivity contribution in [1.82, 2.24) is 0 Å². The molecule has 0 heterocycles. The number of halogens is 1. The number of carbonyl (C=O) groups excluding carboxylic acids is 1. The van der Waals surface area contributed by atoms with Gasteiger partial charge in [0.2, 0.25) is 0 Å². The molecule has 0 aromatic heterocycles. The van der Waals surface area contributed by atoms with E-state index in [2.05, 4.69) is 28.9 Å². The van der Waals surface area contributed by atoms with Gasteiger partial charge in [0.25, 0.3) is 0 Å². The van der Waals surface area contributed by atoms with Gasteiger partial charge in [0.1, 0.15) is 0 Å². The Bertz CT molecular complexity index is 849. The first-order valence-electron chi connectivity index (χ1n) is 6.88. The van der Waals surface area contributed by atoms with Crippen molar-refractivity contribution in [2.24, 2.45) is 0 Å². The van der Waals surface area contributed by atoms with Crippen LogP contribution >= 0.6 is 15.9 Å². The van der Waals surface area contributed by atoms with E-state index in [1.54, 1.807) is 0 Å². The van der Waals surface area contributed by atoms with Gasteiger partial charge in [0.05, 0.1) is 0 Å². The fraction of sp³-hybridized carbons (Fsp3) is 0.105. The van der Waals surface area contributed by atoms with E-state index in [1.807, 2.05) is 55.5 Å². The maximum atomic E-state index is 12.9. The van der Waals surface area contributed by atoms with Gasteiger partial charge < -0.3 is 0 Å². The zero-order valence-corrected chi connectivity index (χ0v) is 13.6. The molecular formula is C19H15BrO. The van der Waals surface area contributed by atoms with Crippen LogP contribution in [0.3, 0.4) is 0 Å². The molecule has 0 aliphatic carbocycles. The lowest BCUT2D eigenvalue weighted by Crippen LogP contribution is -2.04. The van der Waals surface area contributed by atoms with Crippen LogP contribution in [0, 0.1) is 13.8 Å². The highest BCUT2D eigenvalue weighted by Gasteiger charge is 2.16. The molecule has 0 aliphatic heterocycles. The van der Waals surface area contributed by atoms with Gasteiger partial charge in [-0.15, -0.1) is 0 Å². The zero-order valence-electron chi connectivity index (χ0n) is 12.0. The highest BCUT2D eigenvalue weighted by atomic mass is 79.9. The minimum atomic E-state index is 0.0572. The third-order valence-corrected chi connectivity index (χ3v) is 4.88. The summed E-state index contributed by atoms with van der Waals surface area (Å²) in [6.45, 7) is 4.06. The van der Waals surface area contributed by atoms with Crippen LogP contribution in [0.4, 0.5) is 0 Å². The maximum Gasteiger partial charge on any atom is 0.194 e. The molecule has 104 valence electrons. The fourth-order valence-corrected chi connectivity index (χ4v) is 3.06. The van der Waals surface area contributed by atoms with Crippen molar-refractivity contribution in [3.63, 3.8) is 0 Å². The van der Waals surface area contributed by atoms with E-state index in [1.165, 1.54) is 5.56 Å².